The van der Waals surface area contributed by atoms with Crippen molar-refractivity contribution >= 4 is 23.4 Å². The summed E-state index contributed by atoms with van der Waals surface area (Å²) in [6.45, 7) is 4.09. The molecular weight excluding hydrogens is 238 g/mol. The lowest BCUT2D eigenvalue weighted by molar-refractivity contribution is -0.118. The largest absolute Gasteiger partial charge is 0.482 e. The van der Waals surface area contributed by atoms with Crippen LogP contribution in [0.3, 0.4) is 0 Å². The Labute approximate surface area is 104 Å². The Bertz CT molecular complexity index is 445. The number of hydrogen-bond acceptors (Lipinski definition) is 4. The van der Waals surface area contributed by atoms with E-state index in [0.29, 0.717) is 11.4 Å². The van der Waals surface area contributed by atoms with E-state index >= 15 is 0 Å². The molecule has 92 valence electrons. The van der Waals surface area contributed by atoms with Crippen LogP contribution in [0.2, 0.25) is 0 Å². The zero-order valence-corrected chi connectivity index (χ0v) is 10.6. The molecule has 17 heavy (non-hydrogen) atoms. The molecule has 2 rings (SSSR count). The highest BCUT2D eigenvalue weighted by molar-refractivity contribution is 8.00. The van der Waals surface area contributed by atoms with Crippen LogP contribution in [-0.4, -0.2) is 29.0 Å². The molecule has 0 saturated heterocycles. The van der Waals surface area contributed by atoms with Crippen LogP contribution in [0.1, 0.15) is 13.8 Å². The SMILES string of the molecule is CC(C)(CO)Sc1ccc2c(c1)NC(=O)CO2. The summed E-state index contributed by atoms with van der Waals surface area (Å²) >= 11 is 1.56. The quantitative estimate of drug-likeness (QED) is 0.808. The fraction of sp³-hybridized carbons (Fsp3) is 0.417. The molecule has 4 nitrogen and oxygen atoms in total. The van der Waals surface area contributed by atoms with Crippen LogP contribution in [-0.2, 0) is 4.79 Å². The van der Waals surface area contributed by atoms with Crippen LogP contribution in [0, 0.1) is 0 Å². The summed E-state index contributed by atoms with van der Waals surface area (Å²) in [6, 6.07) is 5.64. The first kappa shape index (κ1) is 12.3. The monoisotopic (exact) mass is 253 g/mol. The zero-order chi connectivity index (χ0) is 12.5. The average Bonchev–Trinajstić information content (AvgIpc) is 2.28. The van der Waals surface area contributed by atoms with Gasteiger partial charge < -0.3 is 15.2 Å². The van der Waals surface area contributed by atoms with E-state index in [1.54, 1.807) is 11.8 Å². The molecule has 1 aromatic rings. The van der Waals surface area contributed by atoms with Crippen LogP contribution in [0.25, 0.3) is 0 Å². The minimum absolute atomic E-state index is 0.0711. The van der Waals surface area contributed by atoms with E-state index in [1.807, 2.05) is 32.0 Å². The number of ether oxygens (including phenoxy) is 1. The maximum absolute atomic E-state index is 11.2. The first-order valence-electron chi connectivity index (χ1n) is 5.37. The van der Waals surface area contributed by atoms with Crippen LogP contribution in [0.5, 0.6) is 5.75 Å². The minimum atomic E-state index is -0.242. The number of carbonyl (C=O) groups excluding carboxylic acids is 1. The van der Waals surface area contributed by atoms with Gasteiger partial charge in [-0.25, -0.2) is 0 Å². The van der Waals surface area contributed by atoms with Crippen molar-refractivity contribution in [2.45, 2.75) is 23.5 Å². The maximum atomic E-state index is 11.2. The van der Waals surface area contributed by atoms with Crippen molar-refractivity contribution in [2.24, 2.45) is 0 Å². The van der Waals surface area contributed by atoms with Gasteiger partial charge in [0.15, 0.2) is 6.61 Å². The molecule has 0 atom stereocenters. The van der Waals surface area contributed by atoms with Crippen molar-refractivity contribution < 1.29 is 14.6 Å². The van der Waals surface area contributed by atoms with E-state index in [-0.39, 0.29) is 23.9 Å². The third-order valence-electron chi connectivity index (χ3n) is 2.36. The van der Waals surface area contributed by atoms with Crippen molar-refractivity contribution in [2.75, 3.05) is 18.5 Å². The lowest BCUT2D eigenvalue weighted by Crippen LogP contribution is -2.25. The third-order valence-corrected chi connectivity index (χ3v) is 3.53. The van der Waals surface area contributed by atoms with E-state index < -0.39 is 0 Å². The molecule has 1 aliphatic heterocycles. The number of hydrogen-bond donors (Lipinski definition) is 2. The number of anilines is 1. The summed E-state index contributed by atoms with van der Waals surface area (Å²) in [5.74, 6) is 0.553. The van der Waals surface area contributed by atoms with Crippen molar-refractivity contribution in [1.82, 2.24) is 0 Å². The van der Waals surface area contributed by atoms with Crippen molar-refractivity contribution in [3.05, 3.63) is 18.2 Å². The van der Waals surface area contributed by atoms with E-state index in [9.17, 15) is 9.90 Å². The predicted octanol–water partition coefficient (Wildman–Crippen LogP) is 1.88. The summed E-state index contributed by atoms with van der Waals surface area (Å²) in [6.07, 6.45) is 0. The van der Waals surface area contributed by atoms with Crippen LogP contribution in [0.15, 0.2) is 23.1 Å². The summed E-state index contributed by atoms with van der Waals surface area (Å²) in [4.78, 5) is 12.2. The number of nitrogens with one attached hydrogen (secondary N) is 1. The van der Waals surface area contributed by atoms with Crippen LogP contribution >= 0.6 is 11.8 Å². The van der Waals surface area contributed by atoms with E-state index in [1.165, 1.54) is 0 Å². The molecule has 1 aromatic carbocycles. The van der Waals surface area contributed by atoms with Gasteiger partial charge in [0, 0.05) is 9.64 Å². The molecule has 5 heteroatoms. The van der Waals surface area contributed by atoms with Crippen molar-refractivity contribution in [3.63, 3.8) is 0 Å². The normalized spacial score (nSPS) is 14.9. The molecule has 0 unspecified atom stereocenters. The summed E-state index contributed by atoms with van der Waals surface area (Å²) in [5, 5.41) is 12.0. The summed E-state index contributed by atoms with van der Waals surface area (Å²) < 4.78 is 5.03. The predicted molar refractivity (Wildman–Crippen MR) is 67.6 cm³/mol. The van der Waals surface area contributed by atoms with Crippen molar-refractivity contribution in [1.29, 1.82) is 0 Å². The van der Waals surface area contributed by atoms with E-state index in [2.05, 4.69) is 5.32 Å². The maximum Gasteiger partial charge on any atom is 0.262 e. The third kappa shape index (κ3) is 2.92. The molecule has 1 heterocycles. The Kier molecular flexibility index (Phi) is 3.31. The lowest BCUT2D eigenvalue weighted by atomic mass is 10.2. The Morgan fingerprint density at radius 3 is 3.00 bits per heavy atom. The molecule has 0 aliphatic carbocycles. The van der Waals surface area contributed by atoms with Gasteiger partial charge in [0.2, 0.25) is 0 Å². The van der Waals surface area contributed by atoms with Gasteiger partial charge in [0.05, 0.1) is 12.3 Å². The molecular formula is C12H15NO3S. The molecule has 0 radical (unpaired) electrons. The molecule has 0 saturated carbocycles. The summed E-state index contributed by atoms with van der Waals surface area (Å²) in [7, 11) is 0. The number of rotatable bonds is 3. The Morgan fingerprint density at radius 1 is 1.53 bits per heavy atom. The van der Waals surface area contributed by atoms with Crippen molar-refractivity contribution in [3.8, 4) is 5.75 Å². The standard InChI is InChI=1S/C12H15NO3S/c1-12(2,7-14)17-8-3-4-10-9(5-8)13-11(15)6-16-10/h3-5,14H,6-7H2,1-2H3,(H,13,15). The minimum Gasteiger partial charge on any atom is -0.482 e. The highest BCUT2D eigenvalue weighted by Crippen LogP contribution is 2.37. The highest BCUT2D eigenvalue weighted by atomic mass is 32.2. The molecule has 0 aromatic heterocycles. The van der Waals surface area contributed by atoms with Crippen LogP contribution < -0.4 is 10.1 Å². The van der Waals surface area contributed by atoms with Gasteiger partial charge in [0.25, 0.3) is 5.91 Å². The fourth-order valence-electron chi connectivity index (χ4n) is 1.48. The number of benzene rings is 1. The van der Waals surface area contributed by atoms with E-state index in [0.717, 1.165) is 4.90 Å². The molecule has 0 bridgehead atoms. The first-order valence-corrected chi connectivity index (χ1v) is 6.18. The molecule has 0 spiro atoms. The van der Waals surface area contributed by atoms with Gasteiger partial charge in [-0.3, -0.25) is 4.79 Å². The first-order chi connectivity index (χ1) is 8.00. The summed E-state index contributed by atoms with van der Waals surface area (Å²) in [5.41, 5.74) is 0.694. The number of amides is 1. The number of aliphatic hydroxyl groups is 1. The zero-order valence-electron chi connectivity index (χ0n) is 9.82. The molecule has 2 N–H and O–H groups in total. The second-order valence-electron chi connectivity index (χ2n) is 4.51. The lowest BCUT2D eigenvalue weighted by Gasteiger charge is -2.23. The Balaban J connectivity index is 2.21. The van der Waals surface area contributed by atoms with Gasteiger partial charge >= 0.3 is 0 Å². The van der Waals surface area contributed by atoms with E-state index in [4.69, 9.17) is 4.74 Å². The van der Waals surface area contributed by atoms with Gasteiger partial charge in [-0.15, -0.1) is 11.8 Å². The van der Waals surface area contributed by atoms with Gasteiger partial charge in [-0.05, 0) is 32.0 Å². The van der Waals surface area contributed by atoms with Gasteiger partial charge in [-0.1, -0.05) is 0 Å². The Morgan fingerprint density at radius 2 is 2.29 bits per heavy atom. The van der Waals surface area contributed by atoms with Crippen LogP contribution in [0.4, 0.5) is 5.69 Å². The van der Waals surface area contributed by atoms with Gasteiger partial charge in [-0.2, -0.15) is 0 Å². The second kappa shape index (κ2) is 4.58. The number of thioether (sulfide) groups is 1. The van der Waals surface area contributed by atoms with Gasteiger partial charge in [0.1, 0.15) is 5.75 Å². The number of fused-ring (bicyclic) bond motifs is 1. The molecule has 0 fully saturated rings. The molecule has 1 aliphatic rings. The fourth-order valence-corrected chi connectivity index (χ4v) is 2.49. The topological polar surface area (TPSA) is 58.6 Å². The average molecular weight is 253 g/mol. The number of carbonyl (C=O) groups is 1. The Hall–Kier alpha value is -1.20. The second-order valence-corrected chi connectivity index (χ2v) is 6.30. The molecule has 1 amide bonds. The highest BCUT2D eigenvalue weighted by Gasteiger charge is 2.21. The number of aliphatic hydroxyl groups excluding tert-OH is 1. The smallest absolute Gasteiger partial charge is 0.262 e.